The smallest absolute Gasteiger partial charge is 0.323 e. The van der Waals surface area contributed by atoms with E-state index in [1.165, 1.54) is 0 Å². The molecule has 0 unspecified atom stereocenters. The van der Waals surface area contributed by atoms with Crippen molar-refractivity contribution >= 4 is 5.97 Å². The molecule has 0 aliphatic carbocycles. The van der Waals surface area contributed by atoms with Gasteiger partial charge in [-0.2, -0.15) is 0 Å². The number of carbonyl (C=O) groups is 1. The molecular weight excluding hydrogens is 154 g/mol. The zero-order chi connectivity index (χ0) is 9.61. The highest BCUT2D eigenvalue weighted by Crippen LogP contribution is 2.16. The predicted molar refractivity (Wildman–Crippen MR) is 48.9 cm³/mol. The van der Waals surface area contributed by atoms with Crippen molar-refractivity contribution in [3.63, 3.8) is 0 Å². The molecule has 1 atom stereocenters. The van der Waals surface area contributed by atoms with Gasteiger partial charge in [0.1, 0.15) is 5.54 Å². The van der Waals surface area contributed by atoms with Gasteiger partial charge in [0.25, 0.3) is 0 Å². The van der Waals surface area contributed by atoms with Crippen molar-refractivity contribution in [1.29, 1.82) is 0 Å². The van der Waals surface area contributed by atoms with Gasteiger partial charge < -0.3 is 10.8 Å². The minimum absolute atomic E-state index is 0.336. The van der Waals surface area contributed by atoms with E-state index in [1.807, 2.05) is 6.92 Å². The monoisotopic (exact) mass is 171 g/mol. The molecule has 3 N–H and O–H groups in total. The maximum Gasteiger partial charge on any atom is 0.323 e. The maximum absolute atomic E-state index is 10.7. The zero-order valence-corrected chi connectivity index (χ0v) is 7.55. The number of carboxylic acid groups (broad SMARTS) is 1. The second kappa shape index (κ2) is 4.93. The molecule has 0 aliphatic heterocycles. The number of unbranched alkanes of at least 4 members (excludes halogenated alkanes) is 1. The van der Waals surface area contributed by atoms with Crippen LogP contribution in [0.5, 0.6) is 0 Å². The van der Waals surface area contributed by atoms with Gasteiger partial charge in [0.2, 0.25) is 0 Å². The van der Waals surface area contributed by atoms with E-state index in [1.54, 1.807) is 6.08 Å². The Morgan fingerprint density at radius 3 is 2.67 bits per heavy atom. The van der Waals surface area contributed by atoms with Gasteiger partial charge in [0, 0.05) is 0 Å². The fraction of sp³-hybridized carbons (Fsp3) is 0.667. The van der Waals surface area contributed by atoms with Gasteiger partial charge in [0.15, 0.2) is 0 Å². The Labute approximate surface area is 73.3 Å². The summed E-state index contributed by atoms with van der Waals surface area (Å²) in [6, 6.07) is 0. The zero-order valence-electron chi connectivity index (χ0n) is 7.55. The summed E-state index contributed by atoms with van der Waals surface area (Å²) in [7, 11) is 0. The summed E-state index contributed by atoms with van der Waals surface area (Å²) >= 11 is 0. The van der Waals surface area contributed by atoms with E-state index in [0.717, 1.165) is 12.8 Å². The topological polar surface area (TPSA) is 63.3 Å². The summed E-state index contributed by atoms with van der Waals surface area (Å²) in [5.41, 5.74) is 4.57. The van der Waals surface area contributed by atoms with Crippen LogP contribution in [0.1, 0.15) is 32.6 Å². The highest BCUT2D eigenvalue weighted by molar-refractivity contribution is 5.78. The van der Waals surface area contributed by atoms with Crippen molar-refractivity contribution in [3.05, 3.63) is 12.7 Å². The summed E-state index contributed by atoms with van der Waals surface area (Å²) in [4.78, 5) is 10.7. The second-order valence-corrected chi connectivity index (χ2v) is 3.06. The van der Waals surface area contributed by atoms with E-state index in [0.29, 0.717) is 12.8 Å². The molecule has 0 rings (SSSR count). The Bertz CT molecular complexity index is 168. The number of aliphatic carboxylic acids is 1. The van der Waals surface area contributed by atoms with Crippen molar-refractivity contribution in [2.75, 3.05) is 0 Å². The number of carboxylic acids is 1. The quantitative estimate of drug-likeness (QED) is 0.596. The molecular formula is C9H17NO2. The highest BCUT2D eigenvalue weighted by Gasteiger charge is 2.31. The summed E-state index contributed by atoms with van der Waals surface area (Å²) in [5, 5.41) is 8.82. The number of rotatable bonds is 6. The largest absolute Gasteiger partial charge is 0.480 e. The molecule has 0 bridgehead atoms. The molecule has 0 spiro atoms. The van der Waals surface area contributed by atoms with Crippen LogP contribution in [-0.4, -0.2) is 16.6 Å². The first-order valence-corrected chi connectivity index (χ1v) is 4.20. The van der Waals surface area contributed by atoms with E-state index in [-0.39, 0.29) is 0 Å². The molecule has 12 heavy (non-hydrogen) atoms. The molecule has 0 amide bonds. The Hall–Kier alpha value is -0.830. The van der Waals surface area contributed by atoms with E-state index in [9.17, 15) is 4.79 Å². The third-order valence-corrected chi connectivity index (χ3v) is 1.91. The third-order valence-electron chi connectivity index (χ3n) is 1.91. The first kappa shape index (κ1) is 11.2. The van der Waals surface area contributed by atoms with Gasteiger partial charge in [-0.25, -0.2) is 0 Å². The molecule has 0 radical (unpaired) electrons. The maximum atomic E-state index is 10.7. The molecule has 3 heteroatoms. The summed E-state index contributed by atoms with van der Waals surface area (Å²) < 4.78 is 0. The first-order valence-electron chi connectivity index (χ1n) is 4.20. The van der Waals surface area contributed by atoms with Crippen molar-refractivity contribution < 1.29 is 9.90 Å². The van der Waals surface area contributed by atoms with Gasteiger partial charge in [-0.1, -0.05) is 25.8 Å². The van der Waals surface area contributed by atoms with Crippen LogP contribution in [0.3, 0.4) is 0 Å². The Kier molecular flexibility index (Phi) is 4.59. The van der Waals surface area contributed by atoms with Gasteiger partial charge in [-0.15, -0.1) is 6.58 Å². The number of nitrogens with two attached hydrogens (primary N) is 1. The third kappa shape index (κ3) is 3.05. The SMILES string of the molecule is C=CC[C@](N)(CCCC)C(=O)O. The van der Waals surface area contributed by atoms with E-state index in [4.69, 9.17) is 10.8 Å². The van der Waals surface area contributed by atoms with Crippen molar-refractivity contribution in [1.82, 2.24) is 0 Å². The van der Waals surface area contributed by atoms with Gasteiger partial charge in [-0.3, -0.25) is 4.79 Å². The molecule has 0 saturated heterocycles. The minimum Gasteiger partial charge on any atom is -0.480 e. The fourth-order valence-electron chi connectivity index (χ4n) is 1.05. The Balaban J connectivity index is 4.17. The molecule has 0 aliphatic rings. The normalized spacial score (nSPS) is 15.2. The Morgan fingerprint density at radius 2 is 2.33 bits per heavy atom. The lowest BCUT2D eigenvalue weighted by Crippen LogP contribution is -2.47. The second-order valence-electron chi connectivity index (χ2n) is 3.06. The van der Waals surface area contributed by atoms with Crippen molar-refractivity contribution in [2.24, 2.45) is 5.73 Å². The van der Waals surface area contributed by atoms with Crippen LogP contribution in [0.2, 0.25) is 0 Å². The minimum atomic E-state index is -1.10. The number of hydrogen-bond donors (Lipinski definition) is 2. The number of hydrogen-bond acceptors (Lipinski definition) is 2. The lowest BCUT2D eigenvalue weighted by molar-refractivity contribution is -0.143. The molecule has 3 nitrogen and oxygen atoms in total. The van der Waals surface area contributed by atoms with Crippen molar-refractivity contribution in [3.8, 4) is 0 Å². The highest BCUT2D eigenvalue weighted by atomic mass is 16.4. The van der Waals surface area contributed by atoms with E-state index >= 15 is 0 Å². The Morgan fingerprint density at radius 1 is 1.75 bits per heavy atom. The molecule has 0 saturated carbocycles. The van der Waals surface area contributed by atoms with Crippen LogP contribution in [0.4, 0.5) is 0 Å². The molecule has 70 valence electrons. The average Bonchev–Trinajstić information content (AvgIpc) is 2.01. The fourth-order valence-corrected chi connectivity index (χ4v) is 1.05. The van der Waals surface area contributed by atoms with Crippen LogP contribution in [-0.2, 0) is 4.79 Å². The van der Waals surface area contributed by atoms with Crippen LogP contribution in [0.25, 0.3) is 0 Å². The van der Waals surface area contributed by atoms with Crippen LogP contribution in [0.15, 0.2) is 12.7 Å². The van der Waals surface area contributed by atoms with E-state index < -0.39 is 11.5 Å². The average molecular weight is 171 g/mol. The van der Waals surface area contributed by atoms with Crippen molar-refractivity contribution in [2.45, 2.75) is 38.1 Å². The standard InChI is InChI=1S/C9H17NO2/c1-3-5-7-9(10,6-4-2)8(11)12/h4H,2-3,5-7,10H2,1H3,(H,11,12)/t9-/m0/s1. The summed E-state index contributed by atoms with van der Waals surface area (Å²) in [6.07, 6.45) is 4.22. The van der Waals surface area contributed by atoms with Gasteiger partial charge in [0.05, 0.1) is 0 Å². The first-order chi connectivity index (χ1) is 5.56. The van der Waals surface area contributed by atoms with Gasteiger partial charge >= 0.3 is 5.97 Å². The molecule has 0 heterocycles. The van der Waals surface area contributed by atoms with Crippen LogP contribution >= 0.6 is 0 Å². The molecule has 0 aromatic rings. The van der Waals surface area contributed by atoms with Crippen LogP contribution < -0.4 is 5.73 Å². The van der Waals surface area contributed by atoms with Crippen LogP contribution in [0, 0.1) is 0 Å². The molecule has 0 aromatic carbocycles. The lowest BCUT2D eigenvalue weighted by Gasteiger charge is -2.22. The van der Waals surface area contributed by atoms with Gasteiger partial charge in [-0.05, 0) is 12.8 Å². The van der Waals surface area contributed by atoms with E-state index in [2.05, 4.69) is 6.58 Å². The predicted octanol–water partition coefficient (Wildman–Crippen LogP) is 1.53. The molecule has 0 fully saturated rings. The molecule has 0 aromatic heterocycles. The lowest BCUT2D eigenvalue weighted by atomic mass is 9.90. The summed E-state index contributed by atoms with van der Waals surface area (Å²) in [5.74, 6) is -0.934. The summed E-state index contributed by atoms with van der Waals surface area (Å²) in [6.45, 7) is 5.50.